The van der Waals surface area contributed by atoms with Crippen molar-refractivity contribution in [2.75, 3.05) is 0 Å². The van der Waals surface area contributed by atoms with Gasteiger partial charge in [-0.05, 0) is 24.3 Å². The van der Waals surface area contributed by atoms with E-state index >= 15 is 0 Å². The number of fused-ring (bicyclic) bond motifs is 1. The van der Waals surface area contributed by atoms with Gasteiger partial charge in [-0.3, -0.25) is 0 Å². The van der Waals surface area contributed by atoms with E-state index in [2.05, 4.69) is 32.1 Å². The topological polar surface area (TPSA) is 54.0 Å². The summed E-state index contributed by atoms with van der Waals surface area (Å²) >= 11 is 9.40. The number of nitriles is 1. The molecule has 4 nitrogen and oxygen atoms in total. The van der Waals surface area contributed by atoms with Crippen LogP contribution in [-0.2, 0) is 0 Å². The van der Waals surface area contributed by atoms with Gasteiger partial charge in [0.15, 0.2) is 11.5 Å². The summed E-state index contributed by atoms with van der Waals surface area (Å²) in [6, 6.07) is 11.0. The van der Waals surface area contributed by atoms with Crippen LogP contribution in [-0.4, -0.2) is 14.6 Å². The van der Waals surface area contributed by atoms with Gasteiger partial charge in [0.25, 0.3) is 0 Å². The van der Waals surface area contributed by atoms with Crippen LogP contribution in [0.15, 0.2) is 41.0 Å². The fraction of sp³-hybridized carbons (Fsp3) is 0. The highest BCUT2D eigenvalue weighted by Crippen LogP contribution is 2.25. The Kier molecular flexibility index (Phi) is 2.97. The van der Waals surface area contributed by atoms with E-state index in [-0.39, 0.29) is 0 Å². The molecule has 0 amide bonds. The summed E-state index contributed by atoms with van der Waals surface area (Å²) in [7, 11) is 0. The number of benzene rings is 1. The standard InChI is InChI=1S/C13H6BrClN4/c14-10-4-9(5-11(15)6-10)13-17-12-3-8(7-16)1-2-19(12)18-13/h1-6H. The monoisotopic (exact) mass is 332 g/mol. The molecular formula is C13H6BrClN4. The Balaban J connectivity index is 2.18. The molecule has 0 aliphatic rings. The predicted molar refractivity (Wildman–Crippen MR) is 75.8 cm³/mol. The van der Waals surface area contributed by atoms with Crippen molar-refractivity contribution in [3.63, 3.8) is 0 Å². The molecule has 3 rings (SSSR count). The van der Waals surface area contributed by atoms with Gasteiger partial charge in [0.1, 0.15) is 0 Å². The highest BCUT2D eigenvalue weighted by molar-refractivity contribution is 9.10. The van der Waals surface area contributed by atoms with E-state index in [0.29, 0.717) is 22.1 Å². The Labute approximate surface area is 122 Å². The Morgan fingerprint density at radius 3 is 2.84 bits per heavy atom. The van der Waals surface area contributed by atoms with Crippen molar-refractivity contribution in [2.45, 2.75) is 0 Å². The molecule has 0 saturated heterocycles. The van der Waals surface area contributed by atoms with Crippen LogP contribution in [0.25, 0.3) is 17.0 Å². The molecule has 6 heteroatoms. The van der Waals surface area contributed by atoms with Gasteiger partial charge in [-0.2, -0.15) is 5.26 Å². The summed E-state index contributed by atoms with van der Waals surface area (Å²) in [4.78, 5) is 4.40. The molecule has 0 unspecified atom stereocenters. The molecule has 3 aromatic rings. The van der Waals surface area contributed by atoms with E-state index in [0.717, 1.165) is 10.0 Å². The molecule has 2 heterocycles. The molecule has 0 aliphatic carbocycles. The van der Waals surface area contributed by atoms with Crippen molar-refractivity contribution in [2.24, 2.45) is 0 Å². The second-order valence-electron chi connectivity index (χ2n) is 3.92. The molecular weight excluding hydrogens is 328 g/mol. The van der Waals surface area contributed by atoms with E-state index in [1.54, 1.807) is 35.0 Å². The first kappa shape index (κ1) is 12.2. The third-order valence-electron chi connectivity index (χ3n) is 2.59. The minimum Gasteiger partial charge on any atom is -0.220 e. The first-order valence-corrected chi connectivity index (χ1v) is 6.56. The van der Waals surface area contributed by atoms with Gasteiger partial charge >= 0.3 is 0 Å². The Bertz CT molecular complexity index is 799. The molecule has 0 radical (unpaired) electrons. The number of nitrogens with zero attached hydrogens (tertiary/aromatic N) is 4. The summed E-state index contributed by atoms with van der Waals surface area (Å²) in [6.45, 7) is 0. The lowest BCUT2D eigenvalue weighted by molar-refractivity contribution is 0.964. The van der Waals surface area contributed by atoms with Gasteiger partial charge < -0.3 is 0 Å². The number of hydrogen-bond acceptors (Lipinski definition) is 3. The van der Waals surface area contributed by atoms with Gasteiger partial charge in [0.05, 0.1) is 11.6 Å². The van der Waals surface area contributed by atoms with E-state index in [1.807, 2.05) is 6.07 Å². The number of pyridine rings is 1. The number of rotatable bonds is 1. The third-order valence-corrected chi connectivity index (χ3v) is 3.26. The molecule has 0 bridgehead atoms. The average molecular weight is 334 g/mol. The smallest absolute Gasteiger partial charge is 0.182 e. The van der Waals surface area contributed by atoms with Crippen LogP contribution in [0, 0.1) is 11.3 Å². The van der Waals surface area contributed by atoms with Crippen molar-refractivity contribution < 1.29 is 0 Å². The number of hydrogen-bond donors (Lipinski definition) is 0. The molecule has 0 fully saturated rings. The maximum Gasteiger partial charge on any atom is 0.182 e. The van der Waals surface area contributed by atoms with Crippen LogP contribution >= 0.6 is 27.5 Å². The van der Waals surface area contributed by atoms with Crippen LogP contribution in [0.1, 0.15) is 5.56 Å². The fourth-order valence-corrected chi connectivity index (χ4v) is 2.62. The molecule has 92 valence electrons. The van der Waals surface area contributed by atoms with E-state index < -0.39 is 0 Å². The molecule has 19 heavy (non-hydrogen) atoms. The lowest BCUT2D eigenvalue weighted by Crippen LogP contribution is -1.87. The van der Waals surface area contributed by atoms with Gasteiger partial charge in [-0.15, -0.1) is 5.10 Å². The highest BCUT2D eigenvalue weighted by atomic mass is 79.9. The Morgan fingerprint density at radius 1 is 1.26 bits per heavy atom. The molecule has 0 aliphatic heterocycles. The first-order chi connectivity index (χ1) is 9.15. The van der Waals surface area contributed by atoms with Gasteiger partial charge in [-0.25, -0.2) is 9.50 Å². The van der Waals surface area contributed by atoms with Gasteiger partial charge in [0, 0.05) is 27.3 Å². The van der Waals surface area contributed by atoms with Gasteiger partial charge in [-0.1, -0.05) is 27.5 Å². The third kappa shape index (κ3) is 2.33. The summed E-state index contributed by atoms with van der Waals surface area (Å²) in [5, 5.41) is 13.8. The molecule has 0 N–H and O–H groups in total. The van der Waals surface area contributed by atoms with Crippen LogP contribution in [0.4, 0.5) is 0 Å². The predicted octanol–water partition coefficient (Wildman–Crippen LogP) is 3.68. The average Bonchev–Trinajstić information content (AvgIpc) is 2.80. The minimum absolute atomic E-state index is 0.554. The molecule has 0 atom stereocenters. The lowest BCUT2D eigenvalue weighted by atomic mass is 10.2. The van der Waals surface area contributed by atoms with E-state index in [4.69, 9.17) is 16.9 Å². The Morgan fingerprint density at radius 2 is 2.11 bits per heavy atom. The normalized spacial score (nSPS) is 10.6. The molecule has 0 spiro atoms. The maximum absolute atomic E-state index is 8.86. The van der Waals surface area contributed by atoms with Crippen molar-refractivity contribution in [1.29, 1.82) is 5.26 Å². The van der Waals surface area contributed by atoms with Crippen molar-refractivity contribution in [3.05, 3.63) is 51.6 Å². The summed E-state index contributed by atoms with van der Waals surface area (Å²) in [5.41, 5.74) is 2.01. The lowest BCUT2D eigenvalue weighted by Gasteiger charge is -1.97. The van der Waals surface area contributed by atoms with Crippen LogP contribution in [0.2, 0.25) is 5.02 Å². The maximum atomic E-state index is 8.86. The van der Waals surface area contributed by atoms with Crippen LogP contribution in [0.5, 0.6) is 0 Å². The van der Waals surface area contributed by atoms with E-state index in [1.165, 1.54) is 0 Å². The van der Waals surface area contributed by atoms with Crippen molar-refractivity contribution in [3.8, 4) is 17.5 Å². The van der Waals surface area contributed by atoms with Crippen molar-refractivity contribution >= 4 is 33.2 Å². The fourth-order valence-electron chi connectivity index (χ4n) is 1.76. The minimum atomic E-state index is 0.554. The Hall–Kier alpha value is -1.90. The first-order valence-electron chi connectivity index (χ1n) is 5.39. The zero-order chi connectivity index (χ0) is 13.4. The second kappa shape index (κ2) is 4.65. The quantitative estimate of drug-likeness (QED) is 0.682. The van der Waals surface area contributed by atoms with Crippen molar-refractivity contribution in [1.82, 2.24) is 14.6 Å². The highest BCUT2D eigenvalue weighted by Gasteiger charge is 2.08. The van der Waals surface area contributed by atoms with E-state index in [9.17, 15) is 0 Å². The summed E-state index contributed by atoms with van der Waals surface area (Å²) < 4.78 is 2.50. The molecule has 1 aromatic carbocycles. The van der Waals surface area contributed by atoms with Crippen LogP contribution < -0.4 is 0 Å². The SMILES string of the molecule is N#Cc1ccn2nc(-c3cc(Cl)cc(Br)c3)nc2c1. The zero-order valence-electron chi connectivity index (χ0n) is 9.51. The number of halogens is 2. The summed E-state index contributed by atoms with van der Waals surface area (Å²) in [5.74, 6) is 0.568. The second-order valence-corrected chi connectivity index (χ2v) is 5.28. The summed E-state index contributed by atoms with van der Waals surface area (Å²) in [6.07, 6.45) is 1.71. The number of aromatic nitrogens is 3. The van der Waals surface area contributed by atoms with Crippen LogP contribution in [0.3, 0.4) is 0 Å². The molecule has 2 aromatic heterocycles. The van der Waals surface area contributed by atoms with Gasteiger partial charge in [0.2, 0.25) is 0 Å². The zero-order valence-corrected chi connectivity index (χ0v) is 11.9. The molecule has 0 saturated carbocycles. The largest absolute Gasteiger partial charge is 0.220 e.